The van der Waals surface area contributed by atoms with Crippen molar-refractivity contribution >= 4 is 25.2 Å². The maximum atomic E-state index is 6.05. The van der Waals surface area contributed by atoms with E-state index in [0.717, 1.165) is 23.2 Å². The van der Waals surface area contributed by atoms with Crippen LogP contribution in [0.1, 0.15) is 39.7 Å². The molecule has 0 bridgehead atoms. The van der Waals surface area contributed by atoms with Gasteiger partial charge in [-0.2, -0.15) is 12.6 Å². The van der Waals surface area contributed by atoms with Crippen molar-refractivity contribution in [2.45, 2.75) is 45.3 Å². The Balaban J connectivity index is 2.19. The lowest BCUT2D eigenvalue weighted by Crippen LogP contribution is -2.41. The zero-order chi connectivity index (χ0) is 14.8. The summed E-state index contributed by atoms with van der Waals surface area (Å²) in [4.78, 5) is 0. The first-order valence-corrected chi connectivity index (χ1v) is 7.54. The number of hydrogen-bond acceptors (Lipinski definition) is 3. The van der Waals surface area contributed by atoms with E-state index in [4.69, 9.17) is 9.31 Å². The van der Waals surface area contributed by atoms with E-state index < -0.39 is 0 Å². The van der Waals surface area contributed by atoms with Crippen LogP contribution in [0.4, 0.5) is 0 Å². The normalized spacial score (nSPS) is 19.6. The van der Waals surface area contributed by atoms with Crippen LogP contribution < -0.4 is 5.46 Å². The number of benzene rings is 1. The van der Waals surface area contributed by atoms with E-state index in [2.05, 4.69) is 52.2 Å². The van der Waals surface area contributed by atoms with Crippen molar-refractivity contribution in [3.8, 4) is 11.8 Å². The molecule has 1 aromatic rings. The lowest BCUT2D eigenvalue weighted by molar-refractivity contribution is 0.00578. The lowest BCUT2D eigenvalue weighted by atomic mass is 9.78. The molecule has 1 aromatic carbocycles. The van der Waals surface area contributed by atoms with Crippen molar-refractivity contribution in [2.75, 3.05) is 5.75 Å². The fraction of sp³-hybridized carbons (Fsp3) is 0.500. The molecule has 2 nitrogen and oxygen atoms in total. The molecule has 1 saturated heterocycles. The summed E-state index contributed by atoms with van der Waals surface area (Å²) in [5.41, 5.74) is 1.37. The largest absolute Gasteiger partial charge is 0.494 e. The van der Waals surface area contributed by atoms with Crippen LogP contribution in [0.25, 0.3) is 0 Å². The van der Waals surface area contributed by atoms with Gasteiger partial charge in [-0.1, -0.05) is 24.0 Å². The summed E-state index contributed by atoms with van der Waals surface area (Å²) in [7, 11) is -0.327. The second-order valence-electron chi connectivity index (χ2n) is 5.99. The van der Waals surface area contributed by atoms with Gasteiger partial charge < -0.3 is 9.31 Å². The van der Waals surface area contributed by atoms with Crippen molar-refractivity contribution in [3.05, 3.63) is 29.8 Å². The van der Waals surface area contributed by atoms with E-state index in [1.165, 1.54) is 0 Å². The van der Waals surface area contributed by atoms with Gasteiger partial charge in [0, 0.05) is 17.7 Å². The van der Waals surface area contributed by atoms with Crippen LogP contribution in [-0.4, -0.2) is 24.1 Å². The average molecular weight is 288 g/mol. The van der Waals surface area contributed by atoms with Crippen molar-refractivity contribution < 1.29 is 9.31 Å². The molecule has 0 radical (unpaired) electrons. The number of hydrogen-bond donors (Lipinski definition) is 1. The molecule has 1 aliphatic rings. The molecule has 0 saturated carbocycles. The second kappa shape index (κ2) is 5.85. The standard InChI is InChI=1S/C16H21BO2S/c1-15(2)16(3,4)19-17(18-15)14-10-7-9-13(12-14)8-5-6-11-20/h7,9-10,12,20H,6,11H2,1-4H3. The van der Waals surface area contributed by atoms with Gasteiger partial charge in [-0.05, 0) is 45.3 Å². The van der Waals surface area contributed by atoms with E-state index in [1.807, 2.05) is 24.3 Å². The molecule has 2 rings (SSSR count). The summed E-state index contributed by atoms with van der Waals surface area (Å²) in [5, 5.41) is 0. The third kappa shape index (κ3) is 3.23. The molecule has 1 heterocycles. The first kappa shape index (κ1) is 15.5. The van der Waals surface area contributed by atoms with Gasteiger partial charge in [0.15, 0.2) is 0 Å². The summed E-state index contributed by atoms with van der Waals surface area (Å²) in [6.07, 6.45) is 0.795. The molecule has 0 amide bonds. The van der Waals surface area contributed by atoms with E-state index >= 15 is 0 Å². The number of rotatable bonds is 2. The fourth-order valence-electron chi connectivity index (χ4n) is 1.96. The molecule has 0 spiro atoms. The van der Waals surface area contributed by atoms with E-state index in [1.54, 1.807) is 0 Å². The molecule has 0 aliphatic carbocycles. The predicted molar refractivity (Wildman–Crippen MR) is 87.5 cm³/mol. The maximum Gasteiger partial charge on any atom is 0.494 e. The van der Waals surface area contributed by atoms with Crippen LogP contribution in [0, 0.1) is 11.8 Å². The number of thiol groups is 1. The SMILES string of the molecule is CC1(C)OB(c2cccc(C#CCCS)c2)OC1(C)C. The topological polar surface area (TPSA) is 18.5 Å². The Bertz CT molecular complexity index is 527. The zero-order valence-corrected chi connectivity index (χ0v) is 13.5. The molecular formula is C16H21BO2S. The summed E-state index contributed by atoms with van der Waals surface area (Å²) in [5.74, 6) is 7.02. The van der Waals surface area contributed by atoms with Crippen LogP contribution in [0.15, 0.2) is 24.3 Å². The molecule has 0 unspecified atom stereocenters. The smallest absolute Gasteiger partial charge is 0.399 e. The van der Waals surface area contributed by atoms with E-state index in [0.29, 0.717) is 0 Å². The maximum absolute atomic E-state index is 6.05. The van der Waals surface area contributed by atoms with E-state index in [-0.39, 0.29) is 18.3 Å². The Morgan fingerprint density at radius 2 is 1.80 bits per heavy atom. The van der Waals surface area contributed by atoms with Crippen LogP contribution in [0.3, 0.4) is 0 Å². The molecule has 20 heavy (non-hydrogen) atoms. The summed E-state index contributed by atoms with van der Waals surface area (Å²) < 4.78 is 12.1. The van der Waals surface area contributed by atoms with Gasteiger partial charge in [-0.25, -0.2) is 0 Å². The van der Waals surface area contributed by atoms with Crippen molar-refractivity contribution in [1.29, 1.82) is 0 Å². The molecule has 0 atom stereocenters. The minimum absolute atomic E-state index is 0.314. The van der Waals surface area contributed by atoms with Gasteiger partial charge in [-0.15, -0.1) is 0 Å². The molecule has 1 aliphatic heterocycles. The average Bonchev–Trinajstić information content (AvgIpc) is 2.59. The van der Waals surface area contributed by atoms with E-state index in [9.17, 15) is 0 Å². The minimum atomic E-state index is -0.327. The Hall–Kier alpha value is -0.885. The third-order valence-corrected chi connectivity index (χ3v) is 4.11. The van der Waals surface area contributed by atoms with Crippen molar-refractivity contribution in [2.24, 2.45) is 0 Å². The van der Waals surface area contributed by atoms with Crippen molar-refractivity contribution in [3.63, 3.8) is 0 Å². The summed E-state index contributed by atoms with van der Waals surface area (Å²) in [6, 6.07) is 8.05. The zero-order valence-electron chi connectivity index (χ0n) is 12.6. The van der Waals surface area contributed by atoms with Gasteiger partial charge in [-0.3, -0.25) is 0 Å². The quantitative estimate of drug-likeness (QED) is 0.512. The first-order valence-electron chi connectivity index (χ1n) is 6.91. The van der Waals surface area contributed by atoms with Gasteiger partial charge in [0.05, 0.1) is 11.2 Å². The van der Waals surface area contributed by atoms with Crippen molar-refractivity contribution in [1.82, 2.24) is 0 Å². The highest BCUT2D eigenvalue weighted by molar-refractivity contribution is 7.80. The third-order valence-electron chi connectivity index (χ3n) is 3.88. The van der Waals surface area contributed by atoms with Gasteiger partial charge in [0.2, 0.25) is 0 Å². The Morgan fingerprint density at radius 1 is 1.15 bits per heavy atom. The summed E-state index contributed by atoms with van der Waals surface area (Å²) in [6.45, 7) is 8.24. The predicted octanol–water partition coefficient (Wildman–Crippen LogP) is 2.66. The second-order valence-corrected chi connectivity index (χ2v) is 6.44. The van der Waals surface area contributed by atoms with Gasteiger partial charge in [0.25, 0.3) is 0 Å². The monoisotopic (exact) mass is 288 g/mol. The van der Waals surface area contributed by atoms with Crippen LogP contribution >= 0.6 is 12.6 Å². The molecule has 106 valence electrons. The van der Waals surface area contributed by atoms with Crippen LogP contribution in [-0.2, 0) is 9.31 Å². The fourth-order valence-corrected chi connectivity index (χ4v) is 2.07. The lowest BCUT2D eigenvalue weighted by Gasteiger charge is -2.32. The van der Waals surface area contributed by atoms with Crippen LogP contribution in [0.5, 0.6) is 0 Å². The molecule has 0 aromatic heterocycles. The van der Waals surface area contributed by atoms with Gasteiger partial charge in [0.1, 0.15) is 0 Å². The summed E-state index contributed by atoms with van der Waals surface area (Å²) >= 11 is 4.15. The first-order chi connectivity index (χ1) is 9.36. The van der Waals surface area contributed by atoms with Gasteiger partial charge >= 0.3 is 7.12 Å². The Kier molecular flexibility index (Phi) is 4.54. The highest BCUT2D eigenvalue weighted by Crippen LogP contribution is 2.36. The highest BCUT2D eigenvalue weighted by atomic mass is 32.1. The molecular weight excluding hydrogens is 267 g/mol. The minimum Gasteiger partial charge on any atom is -0.399 e. The molecule has 1 fully saturated rings. The highest BCUT2D eigenvalue weighted by Gasteiger charge is 2.51. The Labute approximate surface area is 127 Å². The molecule has 0 N–H and O–H groups in total. The van der Waals surface area contributed by atoms with Crippen LogP contribution in [0.2, 0.25) is 0 Å². The molecule has 4 heteroatoms. The Morgan fingerprint density at radius 3 is 2.40 bits per heavy atom.